The summed E-state index contributed by atoms with van der Waals surface area (Å²) in [6.07, 6.45) is 0. The van der Waals surface area contributed by atoms with E-state index >= 15 is 0 Å². The van der Waals surface area contributed by atoms with Gasteiger partial charge in [-0.3, -0.25) is 0 Å². The van der Waals surface area contributed by atoms with Crippen LogP contribution in [-0.4, -0.2) is 0 Å². The van der Waals surface area contributed by atoms with Gasteiger partial charge >= 0.3 is 11.5 Å². The summed E-state index contributed by atoms with van der Waals surface area (Å²) in [5.41, 5.74) is 8.38. The highest BCUT2D eigenvalue weighted by Crippen LogP contribution is 2.41. The first-order valence-electron chi connectivity index (χ1n) is 9.87. The molecule has 0 amide bonds. The van der Waals surface area contributed by atoms with Gasteiger partial charge in [0.2, 0.25) is 0 Å². The zero-order chi connectivity index (χ0) is 19.6. The first-order chi connectivity index (χ1) is 14.3. The molecule has 0 aliphatic heterocycles. The fourth-order valence-corrected chi connectivity index (χ4v) is 3.88. The summed E-state index contributed by atoms with van der Waals surface area (Å²) in [5, 5.41) is 0. The number of aryl methyl sites for hydroxylation is 1. The van der Waals surface area contributed by atoms with Crippen LogP contribution in [0.1, 0.15) is 5.56 Å². The van der Waals surface area contributed by atoms with Crippen molar-refractivity contribution in [1.82, 2.24) is 0 Å². The average molecular weight is 373 g/mol. The van der Waals surface area contributed by atoms with Crippen LogP contribution >= 0.6 is 0 Å². The Morgan fingerprint density at radius 2 is 0.931 bits per heavy atom. The molecule has 0 unspecified atom stereocenters. The largest absolute Gasteiger partial charge is 0.361 e. The molecule has 5 rings (SSSR count). The van der Waals surface area contributed by atoms with E-state index in [1.54, 1.807) is 0 Å². The van der Waals surface area contributed by atoms with E-state index in [-0.39, 0.29) is 0 Å². The van der Waals surface area contributed by atoms with E-state index in [4.69, 9.17) is 4.42 Å². The zero-order valence-corrected chi connectivity index (χ0v) is 16.3. The Bertz CT molecular complexity index is 1180. The standard InChI is InChI=1S/C28H21O/c1-20-17-26(25-16-10-4-9-15-24(20)25)23-18-27(21-11-5-2-6-12-21)29-28(19-23)22-13-7-3-8-14-22/h2-19H,1H3/q+1. The Kier molecular flexibility index (Phi) is 4.42. The average Bonchev–Trinajstić information content (AvgIpc) is 2.94. The molecule has 0 fully saturated rings. The summed E-state index contributed by atoms with van der Waals surface area (Å²) in [6, 6.07) is 37.9. The molecule has 3 aromatic rings. The van der Waals surface area contributed by atoms with E-state index < -0.39 is 0 Å². The predicted molar refractivity (Wildman–Crippen MR) is 121 cm³/mol. The Morgan fingerprint density at radius 1 is 0.448 bits per heavy atom. The van der Waals surface area contributed by atoms with Gasteiger partial charge in [0, 0.05) is 5.56 Å². The summed E-state index contributed by atoms with van der Waals surface area (Å²) in [7, 11) is 0. The van der Waals surface area contributed by atoms with Crippen LogP contribution in [0.25, 0.3) is 44.9 Å². The summed E-state index contributed by atoms with van der Waals surface area (Å²) < 4.78 is 6.35. The highest BCUT2D eigenvalue weighted by Gasteiger charge is 2.23. The van der Waals surface area contributed by atoms with Crippen molar-refractivity contribution >= 4 is 0 Å². The second-order valence-corrected chi connectivity index (χ2v) is 7.29. The molecule has 2 aromatic carbocycles. The minimum absolute atomic E-state index is 0.870. The third-order valence-corrected chi connectivity index (χ3v) is 5.33. The molecule has 2 aliphatic rings. The lowest BCUT2D eigenvalue weighted by atomic mass is 9.99. The van der Waals surface area contributed by atoms with Crippen LogP contribution in [0.5, 0.6) is 0 Å². The molecule has 2 aliphatic carbocycles. The van der Waals surface area contributed by atoms with Crippen LogP contribution in [0.3, 0.4) is 0 Å². The van der Waals surface area contributed by atoms with Gasteiger partial charge in [-0.1, -0.05) is 72.8 Å². The van der Waals surface area contributed by atoms with Gasteiger partial charge in [-0.2, -0.15) is 0 Å². The number of fused-ring (bicyclic) bond motifs is 1. The maximum Gasteiger partial charge on any atom is 0.361 e. The SMILES string of the molecule is Cc1cc(-c2cc(-c3ccccc3)[o+]c(-c3ccccc3)c2)c2cccccc1-2. The number of rotatable bonds is 3. The van der Waals surface area contributed by atoms with Gasteiger partial charge in [-0.15, -0.1) is 0 Å². The van der Waals surface area contributed by atoms with E-state index in [0.717, 1.165) is 22.6 Å². The fraction of sp³-hybridized carbons (Fsp3) is 0.0357. The van der Waals surface area contributed by atoms with Gasteiger partial charge < -0.3 is 0 Å². The van der Waals surface area contributed by atoms with Crippen molar-refractivity contribution in [2.24, 2.45) is 0 Å². The van der Waals surface area contributed by atoms with E-state index in [0.29, 0.717) is 0 Å². The van der Waals surface area contributed by atoms with Crippen LogP contribution in [0.2, 0.25) is 0 Å². The lowest BCUT2D eigenvalue weighted by Crippen LogP contribution is -1.86. The van der Waals surface area contributed by atoms with Gasteiger partial charge in [0.05, 0.1) is 23.3 Å². The molecule has 0 saturated heterocycles. The molecular formula is C28H21O+. The molecule has 0 saturated carbocycles. The Morgan fingerprint density at radius 3 is 1.48 bits per heavy atom. The van der Waals surface area contributed by atoms with Gasteiger partial charge in [0.15, 0.2) is 0 Å². The van der Waals surface area contributed by atoms with Gasteiger partial charge in [0.1, 0.15) is 0 Å². The van der Waals surface area contributed by atoms with Crippen molar-refractivity contribution in [3.05, 3.63) is 115 Å². The van der Waals surface area contributed by atoms with E-state index in [1.165, 1.54) is 27.8 Å². The van der Waals surface area contributed by atoms with Crippen molar-refractivity contribution in [3.8, 4) is 44.9 Å². The lowest BCUT2D eigenvalue weighted by molar-refractivity contribution is 0.582. The van der Waals surface area contributed by atoms with Crippen LogP contribution in [0.4, 0.5) is 0 Å². The van der Waals surface area contributed by atoms with Crippen molar-refractivity contribution in [1.29, 1.82) is 0 Å². The number of hydrogen-bond acceptors (Lipinski definition) is 0. The molecule has 0 spiro atoms. The Hall–Kier alpha value is -3.71. The normalized spacial score (nSPS) is 10.9. The molecule has 0 bridgehead atoms. The molecule has 0 radical (unpaired) electrons. The molecule has 0 atom stereocenters. The quantitative estimate of drug-likeness (QED) is 0.292. The monoisotopic (exact) mass is 373 g/mol. The van der Waals surface area contributed by atoms with Crippen molar-refractivity contribution in [3.63, 3.8) is 0 Å². The second kappa shape index (κ2) is 7.37. The second-order valence-electron chi connectivity index (χ2n) is 7.29. The third kappa shape index (κ3) is 3.32. The maximum absolute atomic E-state index is 6.35. The third-order valence-electron chi connectivity index (χ3n) is 5.33. The van der Waals surface area contributed by atoms with Gasteiger partial charge in [-0.05, 0) is 53.4 Å². The molecule has 29 heavy (non-hydrogen) atoms. The molecule has 138 valence electrons. The summed E-state index contributed by atoms with van der Waals surface area (Å²) in [4.78, 5) is 0. The molecule has 1 nitrogen and oxygen atoms in total. The highest BCUT2D eigenvalue weighted by molar-refractivity contribution is 5.90. The molecule has 1 heteroatoms. The zero-order valence-electron chi connectivity index (χ0n) is 16.3. The van der Waals surface area contributed by atoms with Crippen LogP contribution in [-0.2, 0) is 0 Å². The molecular weight excluding hydrogens is 352 g/mol. The summed E-state index contributed by atoms with van der Waals surface area (Å²) in [5.74, 6) is 1.74. The molecule has 1 aromatic heterocycles. The Balaban J connectivity index is 1.76. The molecule has 0 N–H and O–H groups in total. The maximum atomic E-state index is 6.35. The summed E-state index contributed by atoms with van der Waals surface area (Å²) in [6.45, 7) is 2.18. The fourth-order valence-electron chi connectivity index (χ4n) is 3.88. The van der Waals surface area contributed by atoms with Crippen LogP contribution in [0.15, 0.2) is 114 Å². The number of benzene rings is 2. The van der Waals surface area contributed by atoms with E-state index in [2.05, 4.69) is 79.7 Å². The first-order valence-corrected chi connectivity index (χ1v) is 9.87. The Labute approximate surface area is 171 Å². The van der Waals surface area contributed by atoms with Crippen molar-refractivity contribution < 1.29 is 4.42 Å². The minimum atomic E-state index is 0.870. The topological polar surface area (TPSA) is 11.3 Å². The lowest BCUT2D eigenvalue weighted by Gasteiger charge is -2.03. The number of hydrogen-bond donors (Lipinski definition) is 0. The van der Waals surface area contributed by atoms with E-state index in [9.17, 15) is 0 Å². The smallest absolute Gasteiger partial charge is 0.207 e. The van der Waals surface area contributed by atoms with Crippen molar-refractivity contribution in [2.45, 2.75) is 6.92 Å². The van der Waals surface area contributed by atoms with Gasteiger partial charge in [-0.25, -0.2) is 4.42 Å². The van der Waals surface area contributed by atoms with Crippen LogP contribution < -0.4 is 0 Å². The van der Waals surface area contributed by atoms with Gasteiger partial charge in [0.25, 0.3) is 0 Å². The van der Waals surface area contributed by atoms with Crippen molar-refractivity contribution in [2.75, 3.05) is 0 Å². The highest BCUT2D eigenvalue weighted by atomic mass is 16.3. The van der Waals surface area contributed by atoms with E-state index in [1.807, 2.05) is 36.4 Å². The molecule has 1 heterocycles. The van der Waals surface area contributed by atoms with Crippen LogP contribution in [0, 0.1) is 6.92 Å². The first kappa shape index (κ1) is 17.4. The summed E-state index contributed by atoms with van der Waals surface area (Å²) >= 11 is 0. The minimum Gasteiger partial charge on any atom is -0.207 e. The predicted octanol–water partition coefficient (Wildman–Crippen LogP) is 7.97.